The Labute approximate surface area is 144 Å². The van der Waals surface area contributed by atoms with Crippen LogP contribution in [-0.2, 0) is 5.60 Å². The number of amides is 1. The highest BCUT2D eigenvalue weighted by Crippen LogP contribution is 2.25. The Morgan fingerprint density at radius 2 is 2.12 bits per heavy atom. The SMILES string of the molecule is Cc1ccc(C(C)(O)CNC(=O)c2ccc(Cl)c3cccnc23)o1. The number of aliphatic hydroxyl groups is 1. The number of carbonyl (C=O) groups is 1. The lowest BCUT2D eigenvalue weighted by atomic mass is 10.0. The molecular weight excluding hydrogens is 328 g/mol. The van der Waals surface area contributed by atoms with Crippen molar-refractivity contribution in [3.63, 3.8) is 0 Å². The first-order chi connectivity index (χ1) is 11.4. The van der Waals surface area contributed by atoms with Crippen LogP contribution in [0, 0.1) is 6.92 Å². The van der Waals surface area contributed by atoms with Gasteiger partial charge >= 0.3 is 0 Å². The Bertz CT molecular complexity index is 902. The molecule has 2 aromatic heterocycles. The van der Waals surface area contributed by atoms with E-state index in [1.54, 1.807) is 50.4 Å². The molecule has 6 heteroatoms. The van der Waals surface area contributed by atoms with E-state index in [-0.39, 0.29) is 12.5 Å². The van der Waals surface area contributed by atoms with E-state index in [0.717, 1.165) is 0 Å². The molecule has 0 aliphatic heterocycles. The first-order valence-electron chi connectivity index (χ1n) is 7.49. The topological polar surface area (TPSA) is 75.4 Å². The Hall–Kier alpha value is -2.37. The fraction of sp³-hybridized carbons (Fsp3) is 0.222. The van der Waals surface area contributed by atoms with Gasteiger partial charge in [0.2, 0.25) is 0 Å². The summed E-state index contributed by atoms with van der Waals surface area (Å²) in [6.45, 7) is 3.39. The minimum Gasteiger partial charge on any atom is -0.463 e. The van der Waals surface area contributed by atoms with Gasteiger partial charge in [0.05, 0.1) is 22.6 Å². The fourth-order valence-electron chi connectivity index (χ4n) is 2.48. The number of rotatable bonds is 4. The van der Waals surface area contributed by atoms with Gasteiger partial charge in [-0.25, -0.2) is 0 Å². The first-order valence-corrected chi connectivity index (χ1v) is 7.87. The van der Waals surface area contributed by atoms with Gasteiger partial charge in [-0.2, -0.15) is 0 Å². The molecule has 1 amide bonds. The third-order valence-corrected chi connectivity index (χ3v) is 4.16. The average molecular weight is 345 g/mol. The number of pyridine rings is 1. The van der Waals surface area contributed by atoms with E-state index < -0.39 is 5.60 Å². The highest BCUT2D eigenvalue weighted by atomic mass is 35.5. The number of benzene rings is 1. The molecule has 3 aromatic rings. The smallest absolute Gasteiger partial charge is 0.253 e. The Balaban J connectivity index is 1.82. The van der Waals surface area contributed by atoms with Crippen LogP contribution in [0.5, 0.6) is 0 Å². The largest absolute Gasteiger partial charge is 0.463 e. The van der Waals surface area contributed by atoms with Crippen molar-refractivity contribution in [1.29, 1.82) is 0 Å². The second-order valence-electron chi connectivity index (χ2n) is 5.86. The lowest BCUT2D eigenvalue weighted by Gasteiger charge is -2.21. The van der Waals surface area contributed by atoms with Crippen molar-refractivity contribution < 1.29 is 14.3 Å². The van der Waals surface area contributed by atoms with Crippen LogP contribution < -0.4 is 5.32 Å². The molecule has 2 heterocycles. The molecule has 1 unspecified atom stereocenters. The van der Waals surface area contributed by atoms with Gasteiger partial charge in [0, 0.05) is 11.6 Å². The third kappa shape index (κ3) is 3.13. The van der Waals surface area contributed by atoms with E-state index in [1.807, 2.05) is 6.07 Å². The van der Waals surface area contributed by atoms with E-state index in [0.29, 0.717) is 33.0 Å². The third-order valence-electron chi connectivity index (χ3n) is 3.83. The normalized spacial score (nSPS) is 13.7. The molecule has 0 fully saturated rings. The van der Waals surface area contributed by atoms with Crippen LogP contribution in [0.4, 0.5) is 0 Å². The van der Waals surface area contributed by atoms with E-state index in [9.17, 15) is 9.90 Å². The second-order valence-corrected chi connectivity index (χ2v) is 6.27. The number of nitrogens with one attached hydrogen (secondary N) is 1. The molecule has 0 radical (unpaired) electrons. The minimum absolute atomic E-state index is 0.00966. The van der Waals surface area contributed by atoms with Gasteiger partial charge in [-0.15, -0.1) is 0 Å². The summed E-state index contributed by atoms with van der Waals surface area (Å²) < 4.78 is 5.44. The van der Waals surface area contributed by atoms with E-state index in [1.165, 1.54) is 0 Å². The zero-order valence-corrected chi connectivity index (χ0v) is 14.1. The molecule has 0 aliphatic carbocycles. The van der Waals surface area contributed by atoms with Crippen molar-refractivity contribution in [1.82, 2.24) is 10.3 Å². The van der Waals surface area contributed by atoms with E-state index in [2.05, 4.69) is 10.3 Å². The van der Waals surface area contributed by atoms with Crippen molar-refractivity contribution in [2.45, 2.75) is 19.4 Å². The monoisotopic (exact) mass is 344 g/mol. The van der Waals surface area contributed by atoms with Gasteiger partial charge in [-0.1, -0.05) is 11.6 Å². The summed E-state index contributed by atoms with van der Waals surface area (Å²) in [5.74, 6) is 0.766. The summed E-state index contributed by atoms with van der Waals surface area (Å²) in [7, 11) is 0. The number of hydrogen-bond acceptors (Lipinski definition) is 4. The zero-order chi connectivity index (χ0) is 17.3. The number of halogens is 1. The quantitative estimate of drug-likeness (QED) is 0.760. The highest BCUT2D eigenvalue weighted by Gasteiger charge is 2.28. The molecule has 0 saturated heterocycles. The molecule has 1 atom stereocenters. The number of nitrogens with zero attached hydrogens (tertiary/aromatic N) is 1. The maximum atomic E-state index is 12.5. The summed E-state index contributed by atoms with van der Waals surface area (Å²) in [6, 6.07) is 10.3. The number of aryl methyl sites for hydroxylation is 1. The maximum absolute atomic E-state index is 12.5. The molecule has 1 aromatic carbocycles. The lowest BCUT2D eigenvalue weighted by molar-refractivity contribution is 0.0323. The number of hydrogen-bond donors (Lipinski definition) is 2. The number of furan rings is 1. The summed E-state index contributed by atoms with van der Waals surface area (Å²) in [4.78, 5) is 16.8. The maximum Gasteiger partial charge on any atom is 0.253 e. The van der Waals surface area contributed by atoms with Crippen LogP contribution in [0.3, 0.4) is 0 Å². The summed E-state index contributed by atoms with van der Waals surface area (Å²) >= 11 is 6.14. The van der Waals surface area contributed by atoms with Crippen LogP contribution >= 0.6 is 11.6 Å². The van der Waals surface area contributed by atoms with Gasteiger partial charge in [0.25, 0.3) is 5.91 Å². The van der Waals surface area contributed by atoms with Crippen molar-refractivity contribution in [2.24, 2.45) is 0 Å². The molecule has 0 spiro atoms. The molecule has 0 bridgehead atoms. The summed E-state index contributed by atoms with van der Waals surface area (Å²) in [5.41, 5.74) is -0.378. The molecule has 0 aliphatic rings. The van der Waals surface area contributed by atoms with Crippen LogP contribution in [0.1, 0.15) is 28.8 Å². The average Bonchev–Trinajstić information content (AvgIpc) is 3.01. The van der Waals surface area contributed by atoms with Crippen LogP contribution in [0.25, 0.3) is 10.9 Å². The molecule has 124 valence electrons. The fourth-order valence-corrected chi connectivity index (χ4v) is 2.70. The highest BCUT2D eigenvalue weighted by molar-refractivity contribution is 6.36. The number of carbonyl (C=O) groups excluding carboxylic acids is 1. The van der Waals surface area contributed by atoms with Gasteiger partial charge in [-0.3, -0.25) is 9.78 Å². The van der Waals surface area contributed by atoms with Crippen LogP contribution in [0.15, 0.2) is 47.0 Å². The van der Waals surface area contributed by atoms with Crippen molar-refractivity contribution >= 4 is 28.4 Å². The molecule has 5 nitrogen and oxygen atoms in total. The summed E-state index contributed by atoms with van der Waals surface area (Å²) in [6.07, 6.45) is 1.61. The van der Waals surface area contributed by atoms with Gasteiger partial charge in [0.1, 0.15) is 17.1 Å². The minimum atomic E-state index is -1.31. The molecule has 0 saturated carbocycles. The molecule has 2 N–H and O–H groups in total. The predicted molar refractivity (Wildman–Crippen MR) is 92.1 cm³/mol. The summed E-state index contributed by atoms with van der Waals surface area (Å²) in [5, 5.41) is 14.5. The Morgan fingerprint density at radius 3 is 2.83 bits per heavy atom. The van der Waals surface area contributed by atoms with E-state index >= 15 is 0 Å². The van der Waals surface area contributed by atoms with Crippen LogP contribution in [0.2, 0.25) is 5.02 Å². The van der Waals surface area contributed by atoms with Crippen molar-refractivity contribution in [2.75, 3.05) is 6.54 Å². The second kappa shape index (κ2) is 6.26. The van der Waals surface area contributed by atoms with Crippen molar-refractivity contribution in [3.8, 4) is 0 Å². The lowest BCUT2D eigenvalue weighted by Crippen LogP contribution is -2.38. The molecule has 24 heavy (non-hydrogen) atoms. The molecular formula is C18H17ClN2O3. The van der Waals surface area contributed by atoms with Gasteiger partial charge in [-0.05, 0) is 50.2 Å². The van der Waals surface area contributed by atoms with Crippen LogP contribution in [-0.4, -0.2) is 22.5 Å². The Kier molecular flexibility index (Phi) is 4.30. The van der Waals surface area contributed by atoms with Gasteiger partial charge in [0.15, 0.2) is 0 Å². The predicted octanol–water partition coefficient (Wildman–Crippen LogP) is 3.43. The van der Waals surface area contributed by atoms with E-state index in [4.69, 9.17) is 16.0 Å². The standard InChI is InChI=1S/C18H17ClN2O3/c1-11-5-8-15(24-11)18(2,23)10-21-17(22)13-6-7-14(19)12-4-3-9-20-16(12)13/h3-9,23H,10H2,1-2H3,(H,21,22). The van der Waals surface area contributed by atoms with Gasteiger partial charge < -0.3 is 14.8 Å². The number of fused-ring (bicyclic) bond motifs is 1. The number of aromatic nitrogens is 1. The zero-order valence-electron chi connectivity index (χ0n) is 13.3. The van der Waals surface area contributed by atoms with Crippen molar-refractivity contribution in [3.05, 3.63) is 64.7 Å². The molecule has 3 rings (SSSR count). The Morgan fingerprint density at radius 1 is 1.33 bits per heavy atom. The first kappa shape index (κ1) is 16.5.